The molecule has 1 aromatic heterocycles. The molecular weight excluding hydrogens is 290 g/mol. The molecule has 0 unspecified atom stereocenters. The summed E-state index contributed by atoms with van der Waals surface area (Å²) in [6, 6.07) is 2.80. The lowest BCUT2D eigenvalue weighted by Crippen LogP contribution is -2.31. The predicted molar refractivity (Wildman–Crippen MR) is 72.0 cm³/mol. The van der Waals surface area contributed by atoms with Gasteiger partial charge in [-0.05, 0) is 18.6 Å². The number of pyridine rings is 1. The molecule has 0 saturated carbocycles. The summed E-state index contributed by atoms with van der Waals surface area (Å²) in [7, 11) is -3.62. The Kier molecular flexibility index (Phi) is 4.89. The van der Waals surface area contributed by atoms with Gasteiger partial charge >= 0.3 is 0 Å². The Labute approximate surface area is 117 Å². The first kappa shape index (κ1) is 15.9. The summed E-state index contributed by atoms with van der Waals surface area (Å²) in [5.74, 6) is -0.887. The average Bonchev–Trinajstić information content (AvgIpc) is 2.79. The number of nitrogens with zero attached hydrogens (tertiary/aromatic N) is 2. The third-order valence-corrected chi connectivity index (χ3v) is 4.96. The lowest BCUT2D eigenvalue weighted by atomic mass is 10.1. The van der Waals surface area contributed by atoms with Crippen molar-refractivity contribution in [2.75, 3.05) is 13.1 Å². The molecule has 19 heavy (non-hydrogen) atoms. The van der Waals surface area contributed by atoms with Crippen molar-refractivity contribution in [3.8, 4) is 0 Å². The number of halogens is 1. The number of amides is 1. The van der Waals surface area contributed by atoms with E-state index in [-0.39, 0.29) is 24.0 Å². The second kappa shape index (κ2) is 5.85. The molecule has 1 fully saturated rings. The summed E-state index contributed by atoms with van der Waals surface area (Å²) in [4.78, 5) is 14.8. The Balaban J connectivity index is 0.00000180. The molecule has 0 aliphatic carbocycles. The van der Waals surface area contributed by atoms with Crippen molar-refractivity contribution < 1.29 is 13.2 Å². The fraction of sp³-hybridized carbons (Fsp3) is 0.455. The van der Waals surface area contributed by atoms with Crippen LogP contribution in [0.15, 0.2) is 23.2 Å². The molecule has 6 nitrogen and oxygen atoms in total. The Hall–Kier alpha value is -1.18. The largest absolute Gasteiger partial charge is 0.369 e. The van der Waals surface area contributed by atoms with Gasteiger partial charge in [-0.25, -0.2) is 13.4 Å². The molecule has 1 saturated heterocycles. The van der Waals surface area contributed by atoms with Crippen LogP contribution in [0, 0.1) is 5.92 Å². The summed E-state index contributed by atoms with van der Waals surface area (Å²) in [6.45, 7) is 0.416. The molecule has 2 N–H and O–H groups in total. The highest BCUT2D eigenvalue weighted by Gasteiger charge is 2.34. The maximum Gasteiger partial charge on any atom is 0.244 e. The number of hydrogen-bond donors (Lipinski definition) is 1. The molecule has 1 aliphatic heterocycles. The fourth-order valence-electron chi connectivity index (χ4n) is 1.84. The van der Waals surface area contributed by atoms with Crippen LogP contribution in [0.5, 0.6) is 0 Å². The Morgan fingerprint density at radius 3 is 2.63 bits per heavy atom. The van der Waals surface area contributed by atoms with Crippen LogP contribution < -0.4 is 5.73 Å². The van der Waals surface area contributed by atoms with Crippen LogP contribution in [-0.2, 0) is 14.8 Å². The lowest BCUT2D eigenvalue weighted by molar-refractivity contribution is -0.121. The Morgan fingerprint density at radius 1 is 1.47 bits per heavy atom. The van der Waals surface area contributed by atoms with E-state index >= 15 is 0 Å². The van der Waals surface area contributed by atoms with E-state index < -0.39 is 21.8 Å². The van der Waals surface area contributed by atoms with Gasteiger partial charge in [0.1, 0.15) is 10.0 Å². The Morgan fingerprint density at radius 2 is 2.16 bits per heavy atom. The van der Waals surface area contributed by atoms with Crippen LogP contribution in [0.25, 0.3) is 0 Å². The highest BCUT2D eigenvalue weighted by Crippen LogP contribution is 2.24. The van der Waals surface area contributed by atoms with E-state index in [1.54, 1.807) is 0 Å². The smallest absolute Gasteiger partial charge is 0.244 e. The molecule has 1 aromatic rings. The number of carbonyl (C=O) groups excluding carboxylic acids is 1. The van der Waals surface area contributed by atoms with Crippen LogP contribution in [0.3, 0.4) is 0 Å². The van der Waals surface area contributed by atoms with Gasteiger partial charge in [0.05, 0.1) is 5.92 Å². The maximum absolute atomic E-state index is 12.2. The predicted octanol–water partition coefficient (Wildman–Crippen LogP) is 0.867. The van der Waals surface area contributed by atoms with Crippen LogP contribution >= 0.6 is 11.6 Å². The molecule has 2 rings (SSSR count). The van der Waals surface area contributed by atoms with E-state index in [1.807, 2.05) is 0 Å². The Bertz CT molecular complexity index is 559. The SMILES string of the molecule is C.NC(=O)[C@@H]1CCN(S(=O)(=O)c2ccc(Cl)nc2)C1. The van der Waals surface area contributed by atoms with Gasteiger partial charge in [0.25, 0.3) is 0 Å². The zero-order chi connectivity index (χ0) is 13.3. The number of sulfonamides is 1. The molecule has 1 aliphatic rings. The van der Waals surface area contributed by atoms with Crippen LogP contribution in [0.2, 0.25) is 5.15 Å². The second-order valence-electron chi connectivity index (χ2n) is 4.07. The van der Waals surface area contributed by atoms with Gasteiger partial charge in [0.2, 0.25) is 15.9 Å². The van der Waals surface area contributed by atoms with Crippen molar-refractivity contribution in [3.63, 3.8) is 0 Å². The number of hydrogen-bond acceptors (Lipinski definition) is 4. The standard InChI is InChI=1S/C10H12ClN3O3S.CH4/c11-9-2-1-8(5-13-9)18(16,17)14-4-3-7(6-14)10(12)15;/h1-2,5,7H,3-4,6H2,(H2,12,15);1H4/t7-;/m1./s1. The summed E-state index contributed by atoms with van der Waals surface area (Å²) < 4.78 is 25.7. The molecule has 0 bridgehead atoms. The van der Waals surface area contributed by atoms with E-state index in [0.717, 1.165) is 0 Å². The summed E-state index contributed by atoms with van der Waals surface area (Å²) in [5, 5.41) is 0.227. The van der Waals surface area contributed by atoms with Crippen molar-refractivity contribution in [1.82, 2.24) is 9.29 Å². The monoisotopic (exact) mass is 305 g/mol. The van der Waals surface area contributed by atoms with E-state index in [0.29, 0.717) is 13.0 Å². The van der Waals surface area contributed by atoms with E-state index in [2.05, 4.69) is 4.98 Å². The zero-order valence-electron chi connectivity index (χ0n) is 9.41. The van der Waals surface area contributed by atoms with Crippen molar-refractivity contribution in [2.24, 2.45) is 11.7 Å². The van der Waals surface area contributed by atoms with E-state index in [9.17, 15) is 13.2 Å². The van der Waals surface area contributed by atoms with Crippen molar-refractivity contribution in [3.05, 3.63) is 23.5 Å². The molecule has 0 spiro atoms. The van der Waals surface area contributed by atoms with Gasteiger partial charge in [0, 0.05) is 19.3 Å². The van der Waals surface area contributed by atoms with E-state index in [4.69, 9.17) is 17.3 Å². The highest BCUT2D eigenvalue weighted by atomic mass is 35.5. The van der Waals surface area contributed by atoms with Crippen LogP contribution in [0.4, 0.5) is 0 Å². The van der Waals surface area contributed by atoms with Gasteiger partial charge in [-0.2, -0.15) is 4.31 Å². The molecular formula is C11H16ClN3O3S. The van der Waals surface area contributed by atoms with E-state index in [1.165, 1.54) is 22.6 Å². The molecule has 0 radical (unpaired) electrons. The first-order chi connectivity index (χ1) is 8.41. The minimum absolute atomic E-state index is 0. The number of rotatable bonds is 3. The third-order valence-electron chi connectivity index (χ3n) is 2.89. The molecule has 1 atom stereocenters. The number of nitrogens with two attached hydrogens (primary N) is 1. The van der Waals surface area contributed by atoms with Crippen molar-refractivity contribution >= 4 is 27.5 Å². The lowest BCUT2D eigenvalue weighted by Gasteiger charge is -2.15. The highest BCUT2D eigenvalue weighted by molar-refractivity contribution is 7.89. The van der Waals surface area contributed by atoms with Gasteiger partial charge in [0.15, 0.2) is 0 Å². The van der Waals surface area contributed by atoms with Gasteiger partial charge < -0.3 is 5.73 Å². The van der Waals surface area contributed by atoms with Crippen LogP contribution in [0.1, 0.15) is 13.8 Å². The van der Waals surface area contributed by atoms with Gasteiger partial charge in [-0.1, -0.05) is 19.0 Å². The van der Waals surface area contributed by atoms with Gasteiger partial charge in [-0.3, -0.25) is 4.79 Å². The topological polar surface area (TPSA) is 93.4 Å². The fourth-order valence-corrected chi connectivity index (χ4v) is 3.40. The second-order valence-corrected chi connectivity index (χ2v) is 6.39. The molecule has 106 valence electrons. The average molecular weight is 306 g/mol. The third kappa shape index (κ3) is 3.23. The zero-order valence-corrected chi connectivity index (χ0v) is 11.0. The summed E-state index contributed by atoms with van der Waals surface area (Å²) in [6.07, 6.45) is 1.66. The summed E-state index contributed by atoms with van der Waals surface area (Å²) in [5.41, 5.74) is 5.17. The molecule has 0 aromatic carbocycles. The molecule has 2 heterocycles. The summed E-state index contributed by atoms with van der Waals surface area (Å²) >= 11 is 5.61. The minimum atomic E-state index is -3.62. The maximum atomic E-state index is 12.2. The molecule has 1 amide bonds. The number of carbonyl (C=O) groups is 1. The quantitative estimate of drug-likeness (QED) is 0.838. The number of aromatic nitrogens is 1. The first-order valence-electron chi connectivity index (χ1n) is 5.32. The number of primary amides is 1. The normalized spacial score (nSPS) is 19.9. The first-order valence-corrected chi connectivity index (χ1v) is 7.14. The van der Waals surface area contributed by atoms with Gasteiger partial charge in [-0.15, -0.1) is 0 Å². The molecule has 8 heteroatoms. The minimum Gasteiger partial charge on any atom is -0.369 e. The van der Waals surface area contributed by atoms with Crippen LogP contribution in [-0.4, -0.2) is 36.7 Å². The van der Waals surface area contributed by atoms with Crippen molar-refractivity contribution in [2.45, 2.75) is 18.7 Å². The van der Waals surface area contributed by atoms with Crippen molar-refractivity contribution in [1.29, 1.82) is 0 Å².